The van der Waals surface area contributed by atoms with Gasteiger partial charge in [0.15, 0.2) is 0 Å². The van der Waals surface area contributed by atoms with Crippen LogP contribution in [0.25, 0.3) is 0 Å². The number of carboxylic acids is 1. The van der Waals surface area contributed by atoms with E-state index in [0.29, 0.717) is 11.8 Å². The minimum Gasteiger partial charge on any atom is -0.478 e. The van der Waals surface area contributed by atoms with Crippen molar-refractivity contribution < 1.29 is 9.90 Å². The van der Waals surface area contributed by atoms with E-state index in [-0.39, 0.29) is 17.2 Å². The Kier molecular flexibility index (Phi) is 3.55. The summed E-state index contributed by atoms with van der Waals surface area (Å²) in [5.74, 6) is 0.268. The molecule has 0 saturated heterocycles. The topological polar surface area (TPSA) is 59.3 Å². The molecule has 1 aliphatic rings. The highest BCUT2D eigenvalue weighted by molar-refractivity contribution is 5.87. The van der Waals surface area contributed by atoms with E-state index in [4.69, 9.17) is 5.11 Å². The Bertz CT molecular complexity index is 506. The summed E-state index contributed by atoms with van der Waals surface area (Å²) in [6.45, 7) is 4.43. The molecule has 0 aliphatic heterocycles. The maximum atomic E-state index is 11.9. The van der Waals surface area contributed by atoms with Crippen LogP contribution in [0.1, 0.15) is 49.5 Å². The molecule has 4 heteroatoms. The van der Waals surface area contributed by atoms with Crippen LogP contribution < -0.4 is 5.56 Å². The highest BCUT2D eigenvalue weighted by atomic mass is 16.4. The van der Waals surface area contributed by atoms with Crippen molar-refractivity contribution in [2.24, 2.45) is 11.8 Å². The fraction of sp³-hybridized carbons (Fsp3) is 0.571. The molecule has 0 amide bonds. The van der Waals surface area contributed by atoms with E-state index in [1.807, 2.05) is 0 Å². The molecule has 1 N–H and O–H groups in total. The minimum absolute atomic E-state index is 0.105. The molecular formula is C14H19NO3. The van der Waals surface area contributed by atoms with Gasteiger partial charge >= 0.3 is 5.97 Å². The summed E-state index contributed by atoms with van der Waals surface area (Å²) in [7, 11) is 0. The number of carbonyl (C=O) groups is 1. The van der Waals surface area contributed by atoms with E-state index in [9.17, 15) is 9.59 Å². The second-order valence-corrected chi connectivity index (χ2v) is 5.39. The average molecular weight is 249 g/mol. The van der Waals surface area contributed by atoms with Crippen LogP contribution in [0.2, 0.25) is 0 Å². The van der Waals surface area contributed by atoms with Gasteiger partial charge < -0.3 is 9.67 Å². The third-order valence-corrected chi connectivity index (χ3v) is 4.15. The molecule has 98 valence electrons. The van der Waals surface area contributed by atoms with Gasteiger partial charge in [0.25, 0.3) is 5.56 Å². The van der Waals surface area contributed by atoms with Crippen molar-refractivity contribution in [1.29, 1.82) is 0 Å². The first-order chi connectivity index (χ1) is 8.49. The first-order valence-electron chi connectivity index (χ1n) is 6.44. The molecule has 4 nitrogen and oxygen atoms in total. The molecule has 0 radical (unpaired) electrons. The fourth-order valence-electron chi connectivity index (χ4n) is 2.69. The van der Waals surface area contributed by atoms with Crippen molar-refractivity contribution in [2.45, 2.75) is 39.2 Å². The van der Waals surface area contributed by atoms with Gasteiger partial charge in [-0.05, 0) is 37.2 Å². The van der Waals surface area contributed by atoms with Crippen LogP contribution in [-0.2, 0) is 0 Å². The lowest BCUT2D eigenvalue weighted by molar-refractivity contribution is 0.0695. The minimum atomic E-state index is -0.985. The van der Waals surface area contributed by atoms with Crippen LogP contribution in [0, 0.1) is 11.8 Å². The second kappa shape index (κ2) is 4.96. The Labute approximate surface area is 106 Å². The van der Waals surface area contributed by atoms with Crippen LogP contribution in [0.4, 0.5) is 0 Å². The summed E-state index contributed by atoms with van der Waals surface area (Å²) < 4.78 is 1.60. The number of hydrogen-bond donors (Lipinski definition) is 1. The van der Waals surface area contributed by atoms with E-state index in [0.717, 1.165) is 19.3 Å². The monoisotopic (exact) mass is 249 g/mol. The second-order valence-electron chi connectivity index (χ2n) is 5.39. The number of nitrogens with zero attached hydrogens (tertiary/aromatic N) is 1. The first-order valence-corrected chi connectivity index (χ1v) is 6.44. The van der Waals surface area contributed by atoms with Crippen molar-refractivity contribution in [3.8, 4) is 0 Å². The van der Waals surface area contributed by atoms with Crippen molar-refractivity contribution in [2.75, 3.05) is 0 Å². The molecule has 0 spiro atoms. The van der Waals surface area contributed by atoms with Crippen LogP contribution >= 0.6 is 0 Å². The van der Waals surface area contributed by atoms with E-state index in [1.54, 1.807) is 4.57 Å². The zero-order chi connectivity index (χ0) is 13.3. The number of aromatic carboxylic acids is 1. The van der Waals surface area contributed by atoms with Gasteiger partial charge in [0, 0.05) is 18.3 Å². The molecule has 1 saturated carbocycles. The maximum Gasteiger partial charge on any atom is 0.337 e. The molecule has 0 aromatic carbocycles. The van der Waals surface area contributed by atoms with Crippen molar-refractivity contribution in [3.63, 3.8) is 0 Å². The van der Waals surface area contributed by atoms with Gasteiger partial charge in [0.05, 0.1) is 5.56 Å². The number of carboxylic acid groups (broad SMARTS) is 1. The summed E-state index contributed by atoms with van der Waals surface area (Å²) in [5, 5.41) is 8.98. The molecule has 0 bridgehead atoms. The van der Waals surface area contributed by atoms with Gasteiger partial charge in [-0.25, -0.2) is 4.79 Å². The Morgan fingerprint density at radius 3 is 2.61 bits per heavy atom. The maximum absolute atomic E-state index is 11.9. The molecule has 1 fully saturated rings. The molecule has 18 heavy (non-hydrogen) atoms. The molecule has 1 aromatic heterocycles. The predicted octanol–water partition coefficient (Wildman–Crippen LogP) is 2.54. The van der Waals surface area contributed by atoms with E-state index in [1.165, 1.54) is 18.3 Å². The fourth-order valence-corrected chi connectivity index (χ4v) is 2.69. The first kappa shape index (κ1) is 12.9. The Morgan fingerprint density at radius 2 is 2.00 bits per heavy atom. The quantitative estimate of drug-likeness (QED) is 0.876. The normalized spacial score (nSPS) is 28.0. The van der Waals surface area contributed by atoms with Crippen LogP contribution in [0.15, 0.2) is 23.1 Å². The molecule has 1 aliphatic carbocycles. The predicted molar refractivity (Wildman–Crippen MR) is 68.9 cm³/mol. The van der Waals surface area contributed by atoms with E-state index in [2.05, 4.69) is 13.8 Å². The zero-order valence-electron chi connectivity index (χ0n) is 10.8. The van der Waals surface area contributed by atoms with E-state index >= 15 is 0 Å². The number of hydrogen-bond acceptors (Lipinski definition) is 2. The highest BCUT2D eigenvalue weighted by Crippen LogP contribution is 2.35. The Morgan fingerprint density at radius 1 is 1.28 bits per heavy atom. The van der Waals surface area contributed by atoms with E-state index < -0.39 is 5.97 Å². The van der Waals surface area contributed by atoms with Gasteiger partial charge in [-0.1, -0.05) is 13.8 Å². The van der Waals surface area contributed by atoms with Crippen molar-refractivity contribution in [3.05, 3.63) is 34.2 Å². The molecule has 3 atom stereocenters. The van der Waals surface area contributed by atoms with Gasteiger partial charge in [-0.2, -0.15) is 0 Å². The van der Waals surface area contributed by atoms with Gasteiger partial charge in [-0.3, -0.25) is 4.79 Å². The summed E-state index contributed by atoms with van der Waals surface area (Å²) in [6.07, 6.45) is 4.48. The Hall–Kier alpha value is -1.58. The summed E-state index contributed by atoms with van der Waals surface area (Å²) >= 11 is 0. The van der Waals surface area contributed by atoms with Gasteiger partial charge in [-0.15, -0.1) is 0 Å². The van der Waals surface area contributed by atoms with Crippen LogP contribution in [0.3, 0.4) is 0 Å². The lowest BCUT2D eigenvalue weighted by Crippen LogP contribution is -2.30. The number of rotatable bonds is 2. The lowest BCUT2D eigenvalue weighted by atomic mass is 9.79. The molecule has 2 rings (SSSR count). The SMILES string of the molecule is CC1CCC(n2cc(C(=O)O)ccc2=O)CC1C. The zero-order valence-corrected chi connectivity index (χ0v) is 10.8. The van der Waals surface area contributed by atoms with Crippen LogP contribution in [0.5, 0.6) is 0 Å². The highest BCUT2D eigenvalue weighted by Gasteiger charge is 2.26. The molecule has 3 unspecified atom stereocenters. The largest absolute Gasteiger partial charge is 0.478 e. The molecule has 1 heterocycles. The molecule has 1 aromatic rings. The number of pyridine rings is 1. The lowest BCUT2D eigenvalue weighted by Gasteiger charge is -2.33. The summed E-state index contributed by atoms with van der Waals surface area (Å²) in [4.78, 5) is 22.8. The third-order valence-electron chi connectivity index (χ3n) is 4.15. The van der Waals surface area contributed by atoms with Crippen molar-refractivity contribution in [1.82, 2.24) is 4.57 Å². The smallest absolute Gasteiger partial charge is 0.337 e. The average Bonchev–Trinajstić information content (AvgIpc) is 2.33. The number of aromatic nitrogens is 1. The van der Waals surface area contributed by atoms with Gasteiger partial charge in [0.2, 0.25) is 0 Å². The third kappa shape index (κ3) is 2.47. The van der Waals surface area contributed by atoms with Crippen LogP contribution in [-0.4, -0.2) is 15.6 Å². The summed E-state index contributed by atoms with van der Waals surface area (Å²) in [5.41, 5.74) is 0.0765. The standard InChI is InChI=1S/C14H19NO3/c1-9-3-5-12(7-10(9)2)15-8-11(14(17)18)4-6-13(15)16/h4,6,8-10,12H,3,5,7H2,1-2H3,(H,17,18). The van der Waals surface area contributed by atoms with Gasteiger partial charge in [0.1, 0.15) is 0 Å². The Balaban J connectivity index is 2.30. The summed E-state index contributed by atoms with van der Waals surface area (Å²) in [6, 6.07) is 2.87. The van der Waals surface area contributed by atoms with Crippen molar-refractivity contribution >= 4 is 5.97 Å². The molecular weight excluding hydrogens is 230 g/mol.